The summed E-state index contributed by atoms with van der Waals surface area (Å²) in [5.41, 5.74) is 9.02. The summed E-state index contributed by atoms with van der Waals surface area (Å²) in [7, 11) is 0. The zero-order valence-corrected chi connectivity index (χ0v) is 11.7. The molecule has 2 heteroatoms. The lowest BCUT2D eigenvalue weighted by molar-refractivity contribution is 0.429. The molecule has 0 heterocycles. The maximum atomic E-state index is 6.39. The van der Waals surface area contributed by atoms with Crippen molar-refractivity contribution in [3.63, 3.8) is 0 Å². The molecule has 0 spiro atoms. The van der Waals surface area contributed by atoms with Crippen molar-refractivity contribution in [2.75, 3.05) is 18.0 Å². The van der Waals surface area contributed by atoms with E-state index in [0.29, 0.717) is 6.04 Å². The topological polar surface area (TPSA) is 29.3 Å². The molecule has 18 heavy (non-hydrogen) atoms. The first-order valence-electron chi connectivity index (χ1n) is 7.28. The highest BCUT2D eigenvalue weighted by atomic mass is 15.1. The van der Waals surface area contributed by atoms with Crippen molar-refractivity contribution in [3.05, 3.63) is 29.8 Å². The number of rotatable bonds is 5. The first-order chi connectivity index (χ1) is 8.70. The fraction of sp³-hybridized carbons (Fsp3) is 0.625. The number of aryl methyl sites for hydroxylation is 1. The largest absolute Gasteiger partial charge is 0.370 e. The van der Waals surface area contributed by atoms with Gasteiger partial charge in [-0.1, -0.05) is 25.0 Å². The molecule has 0 bridgehead atoms. The Balaban J connectivity index is 2.00. The molecular formula is C16H26N2. The molecular weight excluding hydrogens is 220 g/mol. The molecule has 2 nitrogen and oxygen atoms in total. The molecule has 2 rings (SSSR count). The summed E-state index contributed by atoms with van der Waals surface area (Å²) >= 11 is 0. The fourth-order valence-electron chi connectivity index (χ4n) is 3.03. The lowest BCUT2D eigenvalue weighted by atomic mass is 9.98. The summed E-state index contributed by atoms with van der Waals surface area (Å²) in [6.45, 7) is 6.38. The van der Waals surface area contributed by atoms with Gasteiger partial charge in [-0.05, 0) is 50.3 Å². The monoisotopic (exact) mass is 246 g/mol. The van der Waals surface area contributed by atoms with Gasteiger partial charge in [0.05, 0.1) is 0 Å². The molecule has 1 saturated carbocycles. The Morgan fingerprint density at radius 2 is 2.06 bits per heavy atom. The molecule has 1 fully saturated rings. The molecule has 2 N–H and O–H groups in total. The van der Waals surface area contributed by atoms with E-state index in [1.165, 1.54) is 36.9 Å². The van der Waals surface area contributed by atoms with Gasteiger partial charge in [0.25, 0.3) is 0 Å². The van der Waals surface area contributed by atoms with Crippen molar-refractivity contribution in [1.29, 1.82) is 0 Å². The summed E-state index contributed by atoms with van der Waals surface area (Å²) in [5, 5.41) is 0. The number of hydrogen-bond donors (Lipinski definition) is 1. The Hall–Kier alpha value is -1.02. The summed E-state index contributed by atoms with van der Waals surface area (Å²) in [6.07, 6.45) is 5.39. The smallest absolute Gasteiger partial charge is 0.0369 e. The third-order valence-corrected chi connectivity index (χ3v) is 4.19. The average Bonchev–Trinajstić information content (AvgIpc) is 2.89. The van der Waals surface area contributed by atoms with Crippen LogP contribution in [0.15, 0.2) is 24.3 Å². The van der Waals surface area contributed by atoms with Gasteiger partial charge in [-0.2, -0.15) is 0 Å². The van der Waals surface area contributed by atoms with Gasteiger partial charge in [0, 0.05) is 24.8 Å². The number of likely N-dealkylation sites (N-methyl/N-ethyl adjacent to an activating group) is 1. The van der Waals surface area contributed by atoms with Crippen molar-refractivity contribution in [2.45, 2.75) is 45.6 Å². The molecule has 1 aliphatic rings. The Bertz CT molecular complexity index is 369. The van der Waals surface area contributed by atoms with Crippen LogP contribution < -0.4 is 10.6 Å². The van der Waals surface area contributed by atoms with Crippen LogP contribution >= 0.6 is 0 Å². The second-order valence-corrected chi connectivity index (χ2v) is 5.59. The van der Waals surface area contributed by atoms with Gasteiger partial charge in [-0.3, -0.25) is 0 Å². The average molecular weight is 246 g/mol. The molecule has 1 unspecified atom stereocenters. The van der Waals surface area contributed by atoms with E-state index in [4.69, 9.17) is 5.73 Å². The van der Waals surface area contributed by atoms with E-state index in [1.807, 2.05) is 0 Å². The van der Waals surface area contributed by atoms with E-state index in [9.17, 15) is 0 Å². The minimum atomic E-state index is 0.327. The van der Waals surface area contributed by atoms with Crippen LogP contribution in [0.3, 0.4) is 0 Å². The molecule has 1 aromatic carbocycles. The number of anilines is 1. The standard InChI is InChI=1S/C16H26N2/c1-3-18(15-10-6-7-13(2)11-15)12-16(17)14-8-4-5-9-14/h6-7,10-11,14,16H,3-5,8-9,12,17H2,1-2H3. The maximum Gasteiger partial charge on any atom is 0.0369 e. The van der Waals surface area contributed by atoms with Crippen molar-refractivity contribution in [2.24, 2.45) is 11.7 Å². The van der Waals surface area contributed by atoms with Crippen LogP contribution in [0.4, 0.5) is 5.69 Å². The van der Waals surface area contributed by atoms with Gasteiger partial charge < -0.3 is 10.6 Å². The van der Waals surface area contributed by atoms with Crippen molar-refractivity contribution >= 4 is 5.69 Å². The second kappa shape index (κ2) is 6.24. The summed E-state index contributed by atoms with van der Waals surface area (Å²) in [6, 6.07) is 9.05. The second-order valence-electron chi connectivity index (χ2n) is 5.59. The van der Waals surface area contributed by atoms with Crippen LogP contribution in [0.2, 0.25) is 0 Å². The van der Waals surface area contributed by atoms with Crippen molar-refractivity contribution < 1.29 is 0 Å². The van der Waals surface area contributed by atoms with E-state index in [1.54, 1.807) is 0 Å². The molecule has 0 aromatic heterocycles. The highest BCUT2D eigenvalue weighted by Crippen LogP contribution is 2.28. The molecule has 1 aliphatic carbocycles. The van der Waals surface area contributed by atoms with Gasteiger partial charge >= 0.3 is 0 Å². The number of nitrogens with zero attached hydrogens (tertiary/aromatic N) is 1. The van der Waals surface area contributed by atoms with Crippen LogP contribution in [-0.4, -0.2) is 19.1 Å². The molecule has 0 amide bonds. The Morgan fingerprint density at radius 1 is 1.33 bits per heavy atom. The first kappa shape index (κ1) is 13.4. The van der Waals surface area contributed by atoms with Gasteiger partial charge in [0.15, 0.2) is 0 Å². The number of nitrogens with two attached hydrogens (primary N) is 1. The Labute approximate surface area is 111 Å². The SMILES string of the molecule is CCN(CC(N)C1CCCC1)c1cccc(C)c1. The predicted octanol–water partition coefficient (Wildman–Crippen LogP) is 3.34. The van der Waals surface area contributed by atoms with Crippen LogP contribution in [0.1, 0.15) is 38.2 Å². The quantitative estimate of drug-likeness (QED) is 0.863. The summed E-state index contributed by atoms with van der Waals surface area (Å²) < 4.78 is 0. The number of benzene rings is 1. The minimum Gasteiger partial charge on any atom is -0.370 e. The summed E-state index contributed by atoms with van der Waals surface area (Å²) in [5.74, 6) is 0.740. The normalized spacial score (nSPS) is 17.9. The van der Waals surface area contributed by atoms with Gasteiger partial charge in [0.2, 0.25) is 0 Å². The highest BCUT2D eigenvalue weighted by molar-refractivity contribution is 5.48. The van der Waals surface area contributed by atoms with Crippen LogP contribution in [0.25, 0.3) is 0 Å². The predicted molar refractivity (Wildman–Crippen MR) is 79.0 cm³/mol. The van der Waals surface area contributed by atoms with Gasteiger partial charge in [-0.15, -0.1) is 0 Å². The van der Waals surface area contributed by atoms with E-state index in [2.05, 4.69) is 43.0 Å². The molecule has 0 aliphatic heterocycles. The van der Waals surface area contributed by atoms with Crippen LogP contribution in [0.5, 0.6) is 0 Å². The minimum absolute atomic E-state index is 0.327. The van der Waals surface area contributed by atoms with Gasteiger partial charge in [-0.25, -0.2) is 0 Å². The first-order valence-corrected chi connectivity index (χ1v) is 7.28. The van der Waals surface area contributed by atoms with E-state index in [0.717, 1.165) is 19.0 Å². The van der Waals surface area contributed by atoms with E-state index in [-0.39, 0.29) is 0 Å². The van der Waals surface area contributed by atoms with E-state index >= 15 is 0 Å². The lowest BCUT2D eigenvalue weighted by Gasteiger charge is -2.29. The maximum absolute atomic E-state index is 6.39. The van der Waals surface area contributed by atoms with E-state index < -0.39 is 0 Å². The van der Waals surface area contributed by atoms with Crippen LogP contribution in [-0.2, 0) is 0 Å². The Kier molecular flexibility index (Phi) is 4.65. The van der Waals surface area contributed by atoms with Crippen molar-refractivity contribution in [3.8, 4) is 0 Å². The molecule has 0 saturated heterocycles. The Morgan fingerprint density at radius 3 is 2.67 bits per heavy atom. The molecule has 0 radical (unpaired) electrons. The summed E-state index contributed by atoms with van der Waals surface area (Å²) in [4.78, 5) is 2.41. The van der Waals surface area contributed by atoms with Gasteiger partial charge in [0.1, 0.15) is 0 Å². The lowest BCUT2D eigenvalue weighted by Crippen LogP contribution is -2.41. The van der Waals surface area contributed by atoms with Crippen LogP contribution in [0, 0.1) is 12.8 Å². The fourth-order valence-corrected chi connectivity index (χ4v) is 3.03. The molecule has 1 atom stereocenters. The third kappa shape index (κ3) is 3.26. The zero-order valence-electron chi connectivity index (χ0n) is 11.7. The molecule has 100 valence electrons. The zero-order chi connectivity index (χ0) is 13.0. The third-order valence-electron chi connectivity index (χ3n) is 4.19. The van der Waals surface area contributed by atoms with Crippen molar-refractivity contribution in [1.82, 2.24) is 0 Å². The molecule has 1 aromatic rings. The number of hydrogen-bond acceptors (Lipinski definition) is 2. The highest BCUT2D eigenvalue weighted by Gasteiger charge is 2.23.